The lowest BCUT2D eigenvalue weighted by atomic mass is 10.0. The lowest BCUT2D eigenvalue weighted by molar-refractivity contribution is -0.145. The first-order valence-electron chi connectivity index (χ1n) is 8.40. The maximum Gasteiger partial charge on any atom is 0.328 e. The molecule has 0 aromatic heterocycles. The van der Waals surface area contributed by atoms with E-state index in [2.05, 4.69) is 27.9 Å². The van der Waals surface area contributed by atoms with E-state index in [9.17, 15) is 14.7 Å². The maximum atomic E-state index is 12.3. The molecule has 0 fully saturated rings. The molecule has 1 amide bonds. The van der Waals surface area contributed by atoms with Crippen LogP contribution in [0, 0.1) is 3.57 Å². The SMILES string of the molecule is COC(=O)C(Cc1ccc(OC)c(O)c1)NC(=O)CCc1ccc(I)cc1. The van der Waals surface area contributed by atoms with Crippen LogP contribution in [0.15, 0.2) is 42.5 Å². The molecule has 2 N–H and O–H groups in total. The van der Waals surface area contributed by atoms with Crippen molar-refractivity contribution in [3.8, 4) is 11.5 Å². The van der Waals surface area contributed by atoms with E-state index in [1.165, 1.54) is 20.3 Å². The summed E-state index contributed by atoms with van der Waals surface area (Å²) in [7, 11) is 2.73. The normalized spacial score (nSPS) is 11.5. The number of esters is 1. The van der Waals surface area contributed by atoms with Crippen LogP contribution in [0.4, 0.5) is 0 Å². The highest BCUT2D eigenvalue weighted by Crippen LogP contribution is 2.26. The number of phenolic OH excluding ortho intramolecular Hbond substituents is 1. The van der Waals surface area contributed by atoms with Crippen LogP contribution < -0.4 is 10.1 Å². The summed E-state index contributed by atoms with van der Waals surface area (Å²) in [6.07, 6.45) is 1.06. The Morgan fingerprint density at radius 2 is 1.78 bits per heavy atom. The van der Waals surface area contributed by atoms with Gasteiger partial charge in [-0.3, -0.25) is 4.79 Å². The number of amides is 1. The number of carbonyl (C=O) groups is 2. The number of hydrogen-bond acceptors (Lipinski definition) is 5. The highest BCUT2D eigenvalue weighted by Gasteiger charge is 2.22. The van der Waals surface area contributed by atoms with Crippen LogP contribution in [0.1, 0.15) is 17.5 Å². The fourth-order valence-electron chi connectivity index (χ4n) is 2.61. The zero-order valence-corrected chi connectivity index (χ0v) is 17.4. The van der Waals surface area contributed by atoms with Crippen molar-refractivity contribution in [2.75, 3.05) is 14.2 Å². The quantitative estimate of drug-likeness (QED) is 0.446. The second-order valence-corrected chi connectivity index (χ2v) is 7.23. The van der Waals surface area contributed by atoms with Crippen molar-refractivity contribution < 1.29 is 24.2 Å². The molecular weight excluding hydrogens is 461 g/mol. The molecule has 1 atom stereocenters. The first kappa shape index (κ1) is 21.0. The average Bonchev–Trinajstić information content (AvgIpc) is 2.66. The van der Waals surface area contributed by atoms with Crippen LogP contribution in [0.2, 0.25) is 0 Å². The van der Waals surface area contributed by atoms with Crippen molar-refractivity contribution >= 4 is 34.5 Å². The van der Waals surface area contributed by atoms with Gasteiger partial charge < -0.3 is 19.9 Å². The number of methoxy groups -OCH3 is 2. The van der Waals surface area contributed by atoms with Gasteiger partial charge in [0.05, 0.1) is 14.2 Å². The summed E-state index contributed by atoms with van der Waals surface area (Å²) >= 11 is 2.23. The standard InChI is InChI=1S/C20H22INO5/c1-26-18-9-5-14(12-17(18)23)11-16(20(25)27-2)22-19(24)10-6-13-3-7-15(21)8-4-13/h3-5,7-9,12,16,23H,6,10-11H2,1-2H3,(H,22,24). The van der Waals surface area contributed by atoms with Crippen LogP contribution in [-0.2, 0) is 27.2 Å². The van der Waals surface area contributed by atoms with Crippen LogP contribution in [0.5, 0.6) is 11.5 Å². The van der Waals surface area contributed by atoms with Crippen molar-refractivity contribution in [1.82, 2.24) is 5.32 Å². The molecule has 0 aliphatic rings. The third-order valence-corrected chi connectivity index (χ3v) is 4.78. The fourth-order valence-corrected chi connectivity index (χ4v) is 2.97. The topological polar surface area (TPSA) is 84.9 Å². The Balaban J connectivity index is 1.98. The number of halogens is 1. The Kier molecular flexibility index (Phi) is 7.90. The Morgan fingerprint density at radius 3 is 2.37 bits per heavy atom. The summed E-state index contributed by atoms with van der Waals surface area (Å²) in [4.78, 5) is 24.3. The molecule has 0 heterocycles. The van der Waals surface area contributed by atoms with Gasteiger partial charge in [-0.2, -0.15) is 0 Å². The number of rotatable bonds is 8. The predicted molar refractivity (Wildman–Crippen MR) is 110 cm³/mol. The van der Waals surface area contributed by atoms with Crippen molar-refractivity contribution in [2.45, 2.75) is 25.3 Å². The maximum absolute atomic E-state index is 12.3. The van der Waals surface area contributed by atoms with Gasteiger partial charge >= 0.3 is 5.97 Å². The van der Waals surface area contributed by atoms with Crippen molar-refractivity contribution in [2.24, 2.45) is 0 Å². The molecule has 144 valence electrons. The highest BCUT2D eigenvalue weighted by atomic mass is 127. The molecule has 0 spiro atoms. The molecule has 0 bridgehead atoms. The largest absolute Gasteiger partial charge is 0.504 e. The zero-order valence-electron chi connectivity index (χ0n) is 15.2. The lowest BCUT2D eigenvalue weighted by Crippen LogP contribution is -2.43. The minimum Gasteiger partial charge on any atom is -0.504 e. The van der Waals surface area contributed by atoms with E-state index in [4.69, 9.17) is 9.47 Å². The molecule has 7 heteroatoms. The van der Waals surface area contributed by atoms with Gasteiger partial charge in [0.1, 0.15) is 6.04 Å². The number of aromatic hydroxyl groups is 1. The van der Waals surface area contributed by atoms with Gasteiger partial charge in [0.15, 0.2) is 11.5 Å². The molecule has 2 rings (SSSR count). The monoisotopic (exact) mass is 483 g/mol. The predicted octanol–water partition coefficient (Wildman–Crippen LogP) is 2.84. The number of phenols is 1. The van der Waals surface area contributed by atoms with Gasteiger partial charge in [-0.05, 0) is 64.4 Å². The summed E-state index contributed by atoms with van der Waals surface area (Å²) in [5.41, 5.74) is 1.74. The van der Waals surface area contributed by atoms with E-state index < -0.39 is 12.0 Å². The molecular formula is C20H22INO5. The summed E-state index contributed by atoms with van der Waals surface area (Å²) < 4.78 is 10.9. The third kappa shape index (κ3) is 6.42. The van der Waals surface area contributed by atoms with Crippen LogP contribution in [-0.4, -0.2) is 37.2 Å². The molecule has 2 aromatic rings. The smallest absolute Gasteiger partial charge is 0.328 e. The summed E-state index contributed by atoms with van der Waals surface area (Å²) in [5.74, 6) is -0.451. The Labute approximate surface area is 172 Å². The van der Waals surface area contributed by atoms with Gasteiger partial charge in [0.25, 0.3) is 0 Å². The van der Waals surface area contributed by atoms with Gasteiger partial charge in [-0.15, -0.1) is 0 Å². The number of benzene rings is 2. The highest BCUT2D eigenvalue weighted by molar-refractivity contribution is 14.1. The molecule has 0 aliphatic heterocycles. The van der Waals surface area contributed by atoms with Crippen molar-refractivity contribution in [1.29, 1.82) is 0 Å². The summed E-state index contributed by atoms with van der Waals surface area (Å²) in [6.45, 7) is 0. The minimum atomic E-state index is -0.827. The number of hydrogen-bond donors (Lipinski definition) is 2. The van der Waals surface area contributed by atoms with Crippen molar-refractivity contribution in [3.05, 3.63) is 57.2 Å². The molecule has 2 aromatic carbocycles. The molecule has 1 unspecified atom stereocenters. The van der Waals surface area contributed by atoms with Gasteiger partial charge in [0.2, 0.25) is 5.91 Å². The zero-order chi connectivity index (χ0) is 19.8. The van der Waals surface area contributed by atoms with Crippen LogP contribution in [0.25, 0.3) is 0 Å². The third-order valence-electron chi connectivity index (χ3n) is 4.06. The Bertz CT molecular complexity index is 791. The molecule has 0 saturated heterocycles. The van der Waals surface area contributed by atoms with E-state index in [0.717, 1.165) is 9.13 Å². The van der Waals surface area contributed by atoms with Crippen LogP contribution >= 0.6 is 22.6 Å². The van der Waals surface area contributed by atoms with E-state index in [1.807, 2.05) is 24.3 Å². The molecule has 27 heavy (non-hydrogen) atoms. The van der Waals surface area contributed by atoms with E-state index in [1.54, 1.807) is 12.1 Å². The average molecular weight is 483 g/mol. The first-order chi connectivity index (χ1) is 12.9. The minimum absolute atomic E-state index is 0.0244. The molecule has 0 radical (unpaired) electrons. The Hall–Kier alpha value is -2.29. The molecule has 0 aliphatic carbocycles. The number of ether oxygens (including phenoxy) is 2. The number of aryl methyl sites for hydroxylation is 1. The summed E-state index contributed by atoms with van der Waals surface area (Å²) in [6, 6.07) is 11.9. The van der Waals surface area contributed by atoms with E-state index in [-0.39, 0.29) is 24.5 Å². The van der Waals surface area contributed by atoms with Gasteiger partial charge in [-0.1, -0.05) is 18.2 Å². The molecule has 6 nitrogen and oxygen atoms in total. The van der Waals surface area contributed by atoms with Crippen LogP contribution in [0.3, 0.4) is 0 Å². The van der Waals surface area contributed by atoms with Crippen molar-refractivity contribution in [3.63, 3.8) is 0 Å². The van der Waals surface area contributed by atoms with Gasteiger partial charge in [0, 0.05) is 16.4 Å². The summed E-state index contributed by atoms with van der Waals surface area (Å²) in [5, 5.41) is 12.6. The number of nitrogens with one attached hydrogen (secondary N) is 1. The lowest BCUT2D eigenvalue weighted by Gasteiger charge is -2.17. The first-order valence-corrected chi connectivity index (χ1v) is 9.48. The molecule has 0 saturated carbocycles. The Morgan fingerprint density at radius 1 is 1.11 bits per heavy atom. The number of carbonyl (C=O) groups excluding carboxylic acids is 2. The van der Waals surface area contributed by atoms with E-state index in [0.29, 0.717) is 17.7 Å². The fraction of sp³-hybridized carbons (Fsp3) is 0.300. The second-order valence-electron chi connectivity index (χ2n) is 5.98. The second kappa shape index (κ2) is 10.1. The van der Waals surface area contributed by atoms with Gasteiger partial charge in [-0.25, -0.2) is 4.79 Å². The van der Waals surface area contributed by atoms with E-state index >= 15 is 0 Å².